The van der Waals surface area contributed by atoms with Gasteiger partial charge in [-0.25, -0.2) is 4.98 Å². The summed E-state index contributed by atoms with van der Waals surface area (Å²) in [6.45, 7) is 10.3. The molecule has 0 aliphatic heterocycles. The lowest BCUT2D eigenvalue weighted by Crippen LogP contribution is -2.41. The summed E-state index contributed by atoms with van der Waals surface area (Å²) in [5, 5.41) is 7.88. The third kappa shape index (κ3) is 6.00. The Bertz CT molecular complexity index is 484. The van der Waals surface area contributed by atoms with Gasteiger partial charge in [0.25, 0.3) is 0 Å². The van der Waals surface area contributed by atoms with Crippen LogP contribution >= 0.6 is 35.3 Å². The fraction of sp³-hybridized carbons (Fsp3) is 0.733. The van der Waals surface area contributed by atoms with Gasteiger partial charge in [0, 0.05) is 31.1 Å². The molecule has 0 atom stereocenters. The minimum absolute atomic E-state index is 0. The molecule has 0 radical (unpaired) electrons. The van der Waals surface area contributed by atoms with Crippen molar-refractivity contribution in [2.24, 2.45) is 4.99 Å². The molecule has 0 aromatic carbocycles. The van der Waals surface area contributed by atoms with Crippen LogP contribution in [0.3, 0.4) is 0 Å². The Balaban J connectivity index is 0.00000242. The fourth-order valence-electron chi connectivity index (χ4n) is 2.48. The number of likely N-dealkylation sites (N-methyl/N-ethyl adjacent to an activating group) is 1. The summed E-state index contributed by atoms with van der Waals surface area (Å²) in [5.41, 5.74) is 1.12. The van der Waals surface area contributed by atoms with E-state index in [-0.39, 0.29) is 24.0 Å². The van der Waals surface area contributed by atoms with E-state index in [9.17, 15) is 0 Å². The highest BCUT2D eigenvalue weighted by Gasteiger charge is 2.27. The van der Waals surface area contributed by atoms with Gasteiger partial charge in [0.1, 0.15) is 0 Å². The molecule has 22 heavy (non-hydrogen) atoms. The smallest absolute Gasteiger partial charge is 0.191 e. The van der Waals surface area contributed by atoms with Crippen molar-refractivity contribution in [3.8, 4) is 0 Å². The number of thiazole rings is 1. The normalized spacial score (nSPS) is 14.9. The Kier molecular flexibility index (Phi) is 8.63. The molecule has 2 rings (SSSR count). The predicted molar refractivity (Wildman–Crippen MR) is 105 cm³/mol. The largest absolute Gasteiger partial charge is 0.355 e. The molecule has 0 unspecified atom stereocenters. The SMILES string of the molecule is CCN(CCNC(=NC)NCc1sc(C)nc1C)C1CC1.I. The number of nitrogens with zero attached hydrogens (tertiary/aromatic N) is 3. The van der Waals surface area contributed by atoms with E-state index in [0.717, 1.165) is 48.9 Å². The van der Waals surface area contributed by atoms with Gasteiger partial charge in [0.05, 0.1) is 17.2 Å². The highest BCUT2D eigenvalue weighted by molar-refractivity contribution is 14.0. The Morgan fingerprint density at radius 2 is 2.09 bits per heavy atom. The molecule has 1 saturated carbocycles. The summed E-state index contributed by atoms with van der Waals surface area (Å²) >= 11 is 1.75. The zero-order valence-corrected chi connectivity index (χ0v) is 17.1. The Morgan fingerprint density at radius 3 is 2.59 bits per heavy atom. The maximum absolute atomic E-state index is 4.45. The lowest BCUT2D eigenvalue weighted by molar-refractivity contribution is 0.282. The van der Waals surface area contributed by atoms with Crippen LogP contribution < -0.4 is 10.6 Å². The van der Waals surface area contributed by atoms with Crippen LogP contribution in [0.25, 0.3) is 0 Å². The van der Waals surface area contributed by atoms with E-state index in [1.807, 2.05) is 14.0 Å². The van der Waals surface area contributed by atoms with Crippen molar-refractivity contribution in [1.82, 2.24) is 20.5 Å². The third-order valence-corrected chi connectivity index (χ3v) is 4.87. The van der Waals surface area contributed by atoms with Crippen molar-refractivity contribution < 1.29 is 0 Å². The van der Waals surface area contributed by atoms with E-state index in [2.05, 4.69) is 39.4 Å². The lowest BCUT2D eigenvalue weighted by Gasteiger charge is -2.20. The van der Waals surface area contributed by atoms with E-state index in [1.165, 1.54) is 17.7 Å². The van der Waals surface area contributed by atoms with E-state index >= 15 is 0 Å². The van der Waals surface area contributed by atoms with Gasteiger partial charge in [0.2, 0.25) is 0 Å². The molecule has 1 aromatic heterocycles. The predicted octanol–water partition coefficient (Wildman–Crippen LogP) is 2.53. The van der Waals surface area contributed by atoms with Gasteiger partial charge in [-0.1, -0.05) is 6.92 Å². The number of nitrogens with one attached hydrogen (secondary N) is 2. The molecule has 0 bridgehead atoms. The second kappa shape index (κ2) is 9.67. The summed E-state index contributed by atoms with van der Waals surface area (Å²) in [6, 6.07) is 0.828. The van der Waals surface area contributed by atoms with E-state index < -0.39 is 0 Å². The molecule has 1 aromatic rings. The van der Waals surface area contributed by atoms with Crippen LogP contribution in [0.4, 0.5) is 0 Å². The van der Waals surface area contributed by atoms with Crippen molar-refractivity contribution in [2.45, 2.75) is 46.2 Å². The molecule has 0 spiro atoms. The zero-order chi connectivity index (χ0) is 15.2. The van der Waals surface area contributed by atoms with Crippen molar-refractivity contribution >= 4 is 41.3 Å². The standard InChI is InChI=1S/C15H27N5S.HI/c1-5-20(13-6-7-13)9-8-17-15(16-4)18-10-14-11(2)19-12(3)21-14;/h13H,5-10H2,1-4H3,(H2,16,17,18);1H. The maximum atomic E-state index is 4.45. The summed E-state index contributed by atoms with van der Waals surface area (Å²) in [6.07, 6.45) is 2.73. The molecule has 1 heterocycles. The molecule has 0 amide bonds. The number of aromatic nitrogens is 1. The van der Waals surface area contributed by atoms with E-state index in [4.69, 9.17) is 0 Å². The van der Waals surface area contributed by atoms with Crippen LogP contribution in [0.5, 0.6) is 0 Å². The summed E-state index contributed by atoms with van der Waals surface area (Å²) in [5.74, 6) is 0.868. The molecular formula is C15H28IN5S. The van der Waals surface area contributed by atoms with Crippen LogP contribution in [-0.4, -0.2) is 48.6 Å². The number of hydrogen-bond acceptors (Lipinski definition) is 4. The van der Waals surface area contributed by atoms with Crippen LogP contribution in [0.2, 0.25) is 0 Å². The van der Waals surface area contributed by atoms with Crippen LogP contribution in [0.15, 0.2) is 4.99 Å². The second-order valence-electron chi connectivity index (χ2n) is 5.45. The van der Waals surface area contributed by atoms with E-state index in [0.29, 0.717) is 0 Å². The highest BCUT2D eigenvalue weighted by atomic mass is 127. The van der Waals surface area contributed by atoms with Gasteiger partial charge in [-0.2, -0.15) is 0 Å². The first-order valence-corrected chi connectivity index (χ1v) is 8.57. The minimum atomic E-state index is 0. The second-order valence-corrected chi connectivity index (χ2v) is 6.74. The van der Waals surface area contributed by atoms with Crippen LogP contribution in [0, 0.1) is 13.8 Å². The molecule has 1 fully saturated rings. The van der Waals surface area contributed by atoms with Crippen LogP contribution in [0.1, 0.15) is 35.3 Å². The lowest BCUT2D eigenvalue weighted by atomic mass is 10.4. The Hall–Kier alpha value is -0.410. The van der Waals surface area contributed by atoms with Crippen molar-refractivity contribution in [3.63, 3.8) is 0 Å². The molecule has 1 aliphatic rings. The van der Waals surface area contributed by atoms with Crippen LogP contribution in [-0.2, 0) is 6.54 Å². The first kappa shape index (κ1) is 19.6. The maximum Gasteiger partial charge on any atom is 0.191 e. The molecule has 7 heteroatoms. The van der Waals surface area contributed by atoms with Gasteiger partial charge < -0.3 is 10.6 Å². The molecule has 2 N–H and O–H groups in total. The number of aryl methyl sites for hydroxylation is 2. The number of hydrogen-bond donors (Lipinski definition) is 2. The summed E-state index contributed by atoms with van der Waals surface area (Å²) < 4.78 is 0. The minimum Gasteiger partial charge on any atom is -0.355 e. The van der Waals surface area contributed by atoms with Crippen molar-refractivity contribution in [2.75, 3.05) is 26.7 Å². The quantitative estimate of drug-likeness (QED) is 0.391. The Morgan fingerprint density at radius 1 is 1.36 bits per heavy atom. The summed E-state index contributed by atoms with van der Waals surface area (Å²) in [7, 11) is 1.82. The van der Waals surface area contributed by atoms with Gasteiger partial charge in [-0.15, -0.1) is 35.3 Å². The monoisotopic (exact) mass is 437 g/mol. The number of halogens is 1. The average Bonchev–Trinajstić information content (AvgIpc) is 3.24. The first-order chi connectivity index (χ1) is 10.1. The molecule has 1 aliphatic carbocycles. The van der Waals surface area contributed by atoms with E-state index in [1.54, 1.807) is 11.3 Å². The molecule has 126 valence electrons. The summed E-state index contributed by atoms with van der Waals surface area (Å²) in [4.78, 5) is 12.6. The van der Waals surface area contributed by atoms with Gasteiger partial charge in [-0.05, 0) is 33.2 Å². The Labute approximate surface area is 155 Å². The zero-order valence-electron chi connectivity index (χ0n) is 14.0. The van der Waals surface area contributed by atoms with Gasteiger partial charge in [-0.3, -0.25) is 9.89 Å². The fourth-order valence-corrected chi connectivity index (χ4v) is 3.36. The third-order valence-electron chi connectivity index (χ3n) is 3.80. The van der Waals surface area contributed by atoms with Gasteiger partial charge in [0.15, 0.2) is 5.96 Å². The molecule has 5 nitrogen and oxygen atoms in total. The molecular weight excluding hydrogens is 409 g/mol. The topological polar surface area (TPSA) is 52.5 Å². The highest BCUT2D eigenvalue weighted by Crippen LogP contribution is 2.25. The number of aliphatic imine (C=N–C) groups is 1. The average molecular weight is 437 g/mol. The molecule has 0 saturated heterocycles. The first-order valence-electron chi connectivity index (χ1n) is 7.75. The van der Waals surface area contributed by atoms with Crippen molar-refractivity contribution in [3.05, 3.63) is 15.6 Å². The number of rotatable bonds is 7. The number of guanidine groups is 1. The van der Waals surface area contributed by atoms with Gasteiger partial charge >= 0.3 is 0 Å². The van der Waals surface area contributed by atoms with Crippen molar-refractivity contribution in [1.29, 1.82) is 0 Å².